The minimum absolute atomic E-state index is 0.000403. The lowest BCUT2D eigenvalue weighted by molar-refractivity contribution is -0.157. The summed E-state index contributed by atoms with van der Waals surface area (Å²) in [6.07, 6.45) is 0.907. The number of hydrogen-bond donors (Lipinski definition) is 1. The van der Waals surface area contributed by atoms with Gasteiger partial charge in [0.25, 0.3) is 0 Å². The first-order valence-corrected chi connectivity index (χ1v) is 8.68. The van der Waals surface area contributed by atoms with Crippen LogP contribution in [0.1, 0.15) is 47.5 Å². The molecular formula is C19H30FNO3. The predicted molar refractivity (Wildman–Crippen MR) is 93.3 cm³/mol. The third kappa shape index (κ3) is 5.78. The Labute approximate surface area is 144 Å². The minimum atomic E-state index is -0.663. The molecule has 3 atom stereocenters. The van der Waals surface area contributed by atoms with Crippen molar-refractivity contribution in [1.82, 2.24) is 0 Å². The molecule has 0 aliphatic carbocycles. The van der Waals surface area contributed by atoms with Crippen LogP contribution in [0.15, 0.2) is 24.3 Å². The van der Waals surface area contributed by atoms with E-state index in [1.165, 1.54) is 12.1 Å². The lowest BCUT2D eigenvalue weighted by atomic mass is 9.93. The fourth-order valence-corrected chi connectivity index (χ4v) is 2.63. The Kier molecular flexibility index (Phi) is 8.19. The molecule has 0 amide bonds. The van der Waals surface area contributed by atoms with E-state index in [9.17, 15) is 9.18 Å². The Morgan fingerprint density at radius 2 is 1.83 bits per heavy atom. The molecule has 0 aliphatic heterocycles. The first-order chi connectivity index (χ1) is 11.3. The van der Waals surface area contributed by atoms with Gasteiger partial charge >= 0.3 is 5.97 Å². The van der Waals surface area contributed by atoms with Crippen LogP contribution in [0.25, 0.3) is 0 Å². The Hall–Kier alpha value is -1.62. The van der Waals surface area contributed by atoms with Crippen LogP contribution in [0.3, 0.4) is 0 Å². The molecule has 1 aromatic rings. The predicted octanol–water partition coefficient (Wildman–Crippen LogP) is 3.92. The van der Waals surface area contributed by atoms with Crippen LogP contribution in [0.4, 0.5) is 4.39 Å². The van der Waals surface area contributed by atoms with Crippen LogP contribution >= 0.6 is 0 Å². The molecule has 0 saturated carbocycles. The standard InChI is InChI=1S/C19H30FNO3/c1-6-14(7-2)18(24-16-10-8-9-15(20)11-16)13(5)23-19(22)17(21)12(3)4/h8-14,17-18H,6-7,21H2,1-5H3/t13-,17-,18-/m0/s1. The van der Waals surface area contributed by atoms with Gasteiger partial charge in [-0.15, -0.1) is 0 Å². The molecule has 0 aliphatic rings. The first kappa shape index (κ1) is 20.4. The molecule has 136 valence electrons. The number of carbonyl (C=O) groups is 1. The van der Waals surface area contributed by atoms with Gasteiger partial charge in [-0.25, -0.2) is 4.39 Å². The Morgan fingerprint density at radius 1 is 1.21 bits per heavy atom. The number of ether oxygens (including phenoxy) is 2. The fourth-order valence-electron chi connectivity index (χ4n) is 2.63. The Morgan fingerprint density at radius 3 is 2.33 bits per heavy atom. The summed E-state index contributed by atoms with van der Waals surface area (Å²) in [4.78, 5) is 12.1. The molecule has 0 aromatic heterocycles. The summed E-state index contributed by atoms with van der Waals surface area (Å²) in [5.74, 6) is -0.173. The normalized spacial score (nSPS) is 15.2. The van der Waals surface area contributed by atoms with Gasteiger partial charge in [0.05, 0.1) is 0 Å². The van der Waals surface area contributed by atoms with E-state index in [4.69, 9.17) is 15.2 Å². The number of hydrogen-bond acceptors (Lipinski definition) is 4. The van der Waals surface area contributed by atoms with Crippen molar-refractivity contribution in [2.24, 2.45) is 17.6 Å². The largest absolute Gasteiger partial charge is 0.486 e. The molecule has 0 fully saturated rings. The van der Waals surface area contributed by atoms with Gasteiger partial charge in [-0.1, -0.05) is 33.8 Å². The fraction of sp³-hybridized carbons (Fsp3) is 0.632. The molecule has 0 saturated heterocycles. The van der Waals surface area contributed by atoms with Crippen molar-refractivity contribution >= 4 is 5.97 Å². The first-order valence-electron chi connectivity index (χ1n) is 8.68. The van der Waals surface area contributed by atoms with Crippen molar-refractivity contribution in [3.05, 3.63) is 30.1 Å². The van der Waals surface area contributed by atoms with Gasteiger partial charge in [0, 0.05) is 6.07 Å². The number of halogens is 1. The van der Waals surface area contributed by atoms with Crippen molar-refractivity contribution < 1.29 is 18.7 Å². The van der Waals surface area contributed by atoms with Gasteiger partial charge < -0.3 is 15.2 Å². The zero-order valence-electron chi connectivity index (χ0n) is 15.3. The highest BCUT2D eigenvalue weighted by Crippen LogP contribution is 2.25. The van der Waals surface area contributed by atoms with E-state index in [0.29, 0.717) is 5.75 Å². The highest BCUT2D eigenvalue weighted by atomic mass is 19.1. The maximum Gasteiger partial charge on any atom is 0.323 e. The molecular weight excluding hydrogens is 309 g/mol. The van der Waals surface area contributed by atoms with Crippen LogP contribution in [0, 0.1) is 17.7 Å². The van der Waals surface area contributed by atoms with E-state index in [1.54, 1.807) is 19.1 Å². The van der Waals surface area contributed by atoms with E-state index < -0.39 is 18.1 Å². The van der Waals surface area contributed by atoms with Crippen LogP contribution in [0.5, 0.6) is 5.75 Å². The zero-order valence-corrected chi connectivity index (χ0v) is 15.3. The second-order valence-electron chi connectivity index (χ2n) is 6.53. The quantitative estimate of drug-likeness (QED) is 0.693. The van der Waals surface area contributed by atoms with Crippen LogP contribution in [0.2, 0.25) is 0 Å². The summed E-state index contributed by atoms with van der Waals surface area (Å²) in [6, 6.07) is 5.34. The summed E-state index contributed by atoms with van der Waals surface area (Å²) < 4.78 is 24.9. The summed E-state index contributed by atoms with van der Waals surface area (Å²) in [7, 11) is 0. The molecule has 1 rings (SSSR count). The van der Waals surface area contributed by atoms with E-state index in [-0.39, 0.29) is 23.8 Å². The van der Waals surface area contributed by atoms with Gasteiger partial charge in [-0.05, 0) is 43.7 Å². The molecule has 24 heavy (non-hydrogen) atoms. The van der Waals surface area contributed by atoms with E-state index in [2.05, 4.69) is 13.8 Å². The SMILES string of the molecule is CCC(CC)[C@@H](Oc1cccc(F)c1)[C@H](C)OC(=O)[C@@H](N)C(C)C. The maximum atomic E-state index is 13.4. The monoisotopic (exact) mass is 339 g/mol. The molecule has 0 spiro atoms. The van der Waals surface area contributed by atoms with Crippen molar-refractivity contribution in [2.75, 3.05) is 0 Å². The van der Waals surface area contributed by atoms with Gasteiger partial charge in [-0.3, -0.25) is 4.79 Å². The molecule has 0 bridgehead atoms. The van der Waals surface area contributed by atoms with E-state index >= 15 is 0 Å². The molecule has 0 radical (unpaired) electrons. The van der Waals surface area contributed by atoms with Crippen molar-refractivity contribution in [3.8, 4) is 5.75 Å². The molecule has 5 heteroatoms. The number of esters is 1. The topological polar surface area (TPSA) is 61.5 Å². The lowest BCUT2D eigenvalue weighted by Crippen LogP contribution is -2.44. The Balaban J connectivity index is 2.90. The number of carbonyl (C=O) groups excluding carboxylic acids is 1. The lowest BCUT2D eigenvalue weighted by Gasteiger charge is -2.32. The van der Waals surface area contributed by atoms with Crippen LogP contribution in [-0.2, 0) is 9.53 Å². The number of rotatable bonds is 9. The van der Waals surface area contributed by atoms with E-state index in [1.807, 2.05) is 13.8 Å². The third-order valence-corrected chi connectivity index (χ3v) is 4.34. The van der Waals surface area contributed by atoms with Crippen molar-refractivity contribution in [1.29, 1.82) is 0 Å². The van der Waals surface area contributed by atoms with Gasteiger partial charge in [0.2, 0.25) is 0 Å². The summed E-state index contributed by atoms with van der Waals surface area (Å²) >= 11 is 0. The van der Waals surface area contributed by atoms with Crippen molar-refractivity contribution in [3.63, 3.8) is 0 Å². The average Bonchev–Trinajstić information content (AvgIpc) is 2.54. The number of nitrogens with two attached hydrogens (primary N) is 1. The zero-order chi connectivity index (χ0) is 18.3. The van der Waals surface area contributed by atoms with E-state index in [0.717, 1.165) is 12.8 Å². The molecule has 2 N–H and O–H groups in total. The van der Waals surface area contributed by atoms with Crippen LogP contribution < -0.4 is 10.5 Å². The molecule has 0 unspecified atom stereocenters. The van der Waals surface area contributed by atoms with Crippen molar-refractivity contribution in [2.45, 2.75) is 65.7 Å². The highest BCUT2D eigenvalue weighted by Gasteiger charge is 2.31. The van der Waals surface area contributed by atoms with Gasteiger partial charge in [0.15, 0.2) is 0 Å². The summed E-state index contributed by atoms with van der Waals surface area (Å²) in [5, 5.41) is 0. The molecule has 4 nitrogen and oxygen atoms in total. The molecule has 1 aromatic carbocycles. The summed E-state index contributed by atoms with van der Waals surface area (Å²) in [6.45, 7) is 9.67. The average molecular weight is 339 g/mol. The summed E-state index contributed by atoms with van der Waals surface area (Å²) in [5.41, 5.74) is 5.86. The second-order valence-corrected chi connectivity index (χ2v) is 6.53. The highest BCUT2D eigenvalue weighted by molar-refractivity contribution is 5.75. The van der Waals surface area contributed by atoms with Crippen LogP contribution in [-0.4, -0.2) is 24.2 Å². The third-order valence-electron chi connectivity index (χ3n) is 4.34. The van der Waals surface area contributed by atoms with Gasteiger partial charge in [-0.2, -0.15) is 0 Å². The maximum absolute atomic E-state index is 13.4. The number of benzene rings is 1. The Bertz CT molecular complexity index is 517. The molecule has 0 heterocycles. The second kappa shape index (κ2) is 9.62. The smallest absolute Gasteiger partial charge is 0.323 e. The van der Waals surface area contributed by atoms with Gasteiger partial charge in [0.1, 0.15) is 29.8 Å². The minimum Gasteiger partial charge on any atom is -0.486 e.